The van der Waals surface area contributed by atoms with Gasteiger partial charge in [-0.15, -0.1) is 0 Å². The summed E-state index contributed by atoms with van der Waals surface area (Å²) in [6.07, 6.45) is 1.75. The van der Waals surface area contributed by atoms with E-state index in [4.69, 9.17) is 0 Å². The van der Waals surface area contributed by atoms with Crippen molar-refractivity contribution in [2.24, 2.45) is 0 Å². The van der Waals surface area contributed by atoms with Crippen molar-refractivity contribution in [2.45, 2.75) is 6.92 Å². The number of hydrogen-bond acceptors (Lipinski definition) is 2. The quantitative estimate of drug-likeness (QED) is 0.763. The van der Waals surface area contributed by atoms with Crippen molar-refractivity contribution in [2.75, 3.05) is 5.32 Å². The molecular formula is C17H14N2O. The predicted molar refractivity (Wildman–Crippen MR) is 80.9 cm³/mol. The van der Waals surface area contributed by atoms with Crippen LogP contribution in [0.4, 0.5) is 5.69 Å². The fraction of sp³-hybridized carbons (Fsp3) is 0.0588. The number of aromatic nitrogens is 1. The van der Waals surface area contributed by atoms with E-state index in [1.807, 2.05) is 61.5 Å². The summed E-state index contributed by atoms with van der Waals surface area (Å²) in [7, 11) is 0. The number of rotatable bonds is 2. The Kier molecular flexibility index (Phi) is 3.17. The minimum atomic E-state index is -0.0977. The van der Waals surface area contributed by atoms with Crippen molar-refractivity contribution in [3.63, 3.8) is 0 Å². The van der Waals surface area contributed by atoms with E-state index in [0.29, 0.717) is 5.56 Å². The number of hydrogen-bond donors (Lipinski definition) is 1. The molecule has 2 aromatic carbocycles. The number of aryl methyl sites for hydroxylation is 1. The molecule has 3 aromatic rings. The van der Waals surface area contributed by atoms with Crippen LogP contribution in [0.15, 0.2) is 60.8 Å². The first-order chi connectivity index (χ1) is 9.75. The van der Waals surface area contributed by atoms with Gasteiger partial charge in [0.1, 0.15) is 0 Å². The fourth-order valence-corrected chi connectivity index (χ4v) is 2.23. The van der Waals surface area contributed by atoms with Gasteiger partial charge in [-0.3, -0.25) is 9.78 Å². The Morgan fingerprint density at radius 3 is 2.70 bits per heavy atom. The average molecular weight is 262 g/mol. The van der Waals surface area contributed by atoms with Crippen LogP contribution in [0.3, 0.4) is 0 Å². The largest absolute Gasteiger partial charge is 0.321 e. The molecule has 20 heavy (non-hydrogen) atoms. The normalized spacial score (nSPS) is 10.4. The third-order valence-corrected chi connectivity index (χ3v) is 3.28. The van der Waals surface area contributed by atoms with Gasteiger partial charge in [0, 0.05) is 17.1 Å². The molecule has 1 N–H and O–H groups in total. The molecule has 0 bridgehead atoms. The van der Waals surface area contributed by atoms with Gasteiger partial charge in [-0.2, -0.15) is 0 Å². The first-order valence-electron chi connectivity index (χ1n) is 6.46. The maximum Gasteiger partial charge on any atom is 0.255 e. The summed E-state index contributed by atoms with van der Waals surface area (Å²) in [5.41, 5.74) is 3.30. The Labute approximate surface area is 117 Å². The number of benzene rings is 2. The summed E-state index contributed by atoms with van der Waals surface area (Å²) in [6.45, 7) is 1.93. The van der Waals surface area contributed by atoms with Crippen LogP contribution in [0.1, 0.15) is 15.9 Å². The Morgan fingerprint density at radius 2 is 1.85 bits per heavy atom. The summed E-state index contributed by atoms with van der Waals surface area (Å²) >= 11 is 0. The SMILES string of the molecule is Cc1ccccc1C(=O)Nc1cccc2ncccc12. The van der Waals surface area contributed by atoms with E-state index < -0.39 is 0 Å². The number of nitrogens with one attached hydrogen (secondary N) is 1. The lowest BCUT2D eigenvalue weighted by atomic mass is 10.1. The zero-order valence-electron chi connectivity index (χ0n) is 11.1. The van der Waals surface area contributed by atoms with Crippen molar-refractivity contribution in [1.29, 1.82) is 0 Å². The first-order valence-corrected chi connectivity index (χ1v) is 6.46. The number of fused-ring (bicyclic) bond motifs is 1. The molecule has 0 aliphatic carbocycles. The lowest BCUT2D eigenvalue weighted by Gasteiger charge is -2.09. The average Bonchev–Trinajstić information content (AvgIpc) is 2.48. The van der Waals surface area contributed by atoms with Gasteiger partial charge in [-0.1, -0.05) is 24.3 Å². The van der Waals surface area contributed by atoms with Gasteiger partial charge in [0.05, 0.1) is 11.2 Å². The molecule has 3 heteroatoms. The van der Waals surface area contributed by atoms with Crippen LogP contribution in [0, 0.1) is 6.92 Å². The van der Waals surface area contributed by atoms with Crippen LogP contribution >= 0.6 is 0 Å². The van der Waals surface area contributed by atoms with E-state index >= 15 is 0 Å². The lowest BCUT2D eigenvalue weighted by Crippen LogP contribution is -2.13. The summed E-state index contributed by atoms with van der Waals surface area (Å²) < 4.78 is 0. The lowest BCUT2D eigenvalue weighted by molar-refractivity contribution is 0.102. The molecule has 0 spiro atoms. The second-order valence-corrected chi connectivity index (χ2v) is 4.64. The molecule has 0 radical (unpaired) electrons. The minimum absolute atomic E-state index is 0.0977. The maximum absolute atomic E-state index is 12.3. The van der Waals surface area contributed by atoms with Crippen LogP contribution in [0.5, 0.6) is 0 Å². The number of carbonyl (C=O) groups is 1. The second-order valence-electron chi connectivity index (χ2n) is 4.64. The molecule has 0 unspecified atom stereocenters. The van der Waals surface area contributed by atoms with Crippen LogP contribution in [0.25, 0.3) is 10.9 Å². The highest BCUT2D eigenvalue weighted by molar-refractivity contribution is 6.09. The van der Waals surface area contributed by atoms with Gasteiger partial charge < -0.3 is 5.32 Å². The molecule has 3 rings (SSSR count). The molecule has 1 amide bonds. The van der Waals surface area contributed by atoms with Crippen LogP contribution in [-0.4, -0.2) is 10.9 Å². The minimum Gasteiger partial charge on any atom is -0.321 e. The molecule has 1 heterocycles. The van der Waals surface area contributed by atoms with Crippen molar-refractivity contribution >= 4 is 22.5 Å². The van der Waals surface area contributed by atoms with Gasteiger partial charge in [0.15, 0.2) is 0 Å². The summed E-state index contributed by atoms with van der Waals surface area (Å²) in [5, 5.41) is 3.90. The number of pyridine rings is 1. The molecule has 0 aliphatic rings. The van der Waals surface area contributed by atoms with Crippen LogP contribution in [-0.2, 0) is 0 Å². The Morgan fingerprint density at radius 1 is 1.00 bits per heavy atom. The number of amides is 1. The molecule has 1 aromatic heterocycles. The standard InChI is InChI=1S/C17H14N2O/c1-12-6-2-3-7-13(12)17(20)19-16-10-4-9-15-14(16)8-5-11-18-15/h2-11H,1H3,(H,19,20). The van der Waals surface area contributed by atoms with Crippen molar-refractivity contribution in [3.8, 4) is 0 Å². The number of nitrogens with zero attached hydrogens (tertiary/aromatic N) is 1. The first kappa shape index (κ1) is 12.4. The van der Waals surface area contributed by atoms with E-state index in [0.717, 1.165) is 22.2 Å². The second kappa shape index (κ2) is 5.13. The van der Waals surface area contributed by atoms with E-state index in [2.05, 4.69) is 10.3 Å². The molecule has 0 fully saturated rings. The van der Waals surface area contributed by atoms with Crippen LogP contribution < -0.4 is 5.32 Å². The molecular weight excluding hydrogens is 248 g/mol. The highest BCUT2D eigenvalue weighted by Gasteiger charge is 2.10. The summed E-state index contributed by atoms with van der Waals surface area (Å²) in [4.78, 5) is 16.6. The van der Waals surface area contributed by atoms with E-state index in [1.54, 1.807) is 6.20 Å². The van der Waals surface area contributed by atoms with Gasteiger partial charge in [0.25, 0.3) is 5.91 Å². The maximum atomic E-state index is 12.3. The zero-order valence-corrected chi connectivity index (χ0v) is 11.1. The van der Waals surface area contributed by atoms with Gasteiger partial charge in [-0.25, -0.2) is 0 Å². The number of carbonyl (C=O) groups excluding carboxylic acids is 1. The predicted octanol–water partition coefficient (Wildman–Crippen LogP) is 3.80. The third kappa shape index (κ3) is 2.26. The smallest absolute Gasteiger partial charge is 0.255 e. The van der Waals surface area contributed by atoms with Gasteiger partial charge >= 0.3 is 0 Å². The molecule has 0 saturated heterocycles. The summed E-state index contributed by atoms with van der Waals surface area (Å²) in [5.74, 6) is -0.0977. The molecule has 0 atom stereocenters. The van der Waals surface area contributed by atoms with Crippen molar-refractivity contribution in [3.05, 3.63) is 71.9 Å². The molecule has 3 nitrogen and oxygen atoms in total. The molecule has 0 aliphatic heterocycles. The Bertz CT molecular complexity index is 775. The summed E-state index contributed by atoms with van der Waals surface area (Å²) in [6, 6.07) is 17.1. The van der Waals surface area contributed by atoms with E-state index in [1.165, 1.54) is 0 Å². The van der Waals surface area contributed by atoms with Gasteiger partial charge in [0.2, 0.25) is 0 Å². The highest BCUT2D eigenvalue weighted by Crippen LogP contribution is 2.22. The zero-order chi connectivity index (χ0) is 13.9. The van der Waals surface area contributed by atoms with E-state index in [-0.39, 0.29) is 5.91 Å². The van der Waals surface area contributed by atoms with Crippen molar-refractivity contribution in [1.82, 2.24) is 4.98 Å². The topological polar surface area (TPSA) is 42.0 Å². The van der Waals surface area contributed by atoms with E-state index in [9.17, 15) is 4.79 Å². The fourth-order valence-electron chi connectivity index (χ4n) is 2.23. The Balaban J connectivity index is 1.98. The molecule has 98 valence electrons. The monoisotopic (exact) mass is 262 g/mol. The van der Waals surface area contributed by atoms with Crippen molar-refractivity contribution < 1.29 is 4.79 Å². The highest BCUT2D eigenvalue weighted by atomic mass is 16.1. The molecule has 0 saturated carbocycles. The van der Waals surface area contributed by atoms with Gasteiger partial charge in [-0.05, 0) is 42.8 Å². The van der Waals surface area contributed by atoms with Crippen LogP contribution in [0.2, 0.25) is 0 Å². The third-order valence-electron chi connectivity index (χ3n) is 3.28. The number of anilines is 1. The Hall–Kier alpha value is -2.68.